The molecule has 0 saturated carbocycles. The number of hydrogen-bond donors (Lipinski definition) is 2. The highest BCUT2D eigenvalue weighted by Gasteiger charge is 2.41. The monoisotopic (exact) mass is 217 g/mol. The fourth-order valence-corrected chi connectivity index (χ4v) is 1.80. The van der Waals surface area contributed by atoms with Crippen molar-refractivity contribution in [1.82, 2.24) is 0 Å². The van der Waals surface area contributed by atoms with Crippen molar-refractivity contribution in [1.29, 1.82) is 0 Å². The molecule has 5 heteroatoms. The number of aliphatic hydroxyl groups is 1. The van der Waals surface area contributed by atoms with Gasteiger partial charge in [0.1, 0.15) is 0 Å². The Morgan fingerprint density at radius 2 is 2.07 bits per heavy atom. The van der Waals surface area contributed by atoms with Gasteiger partial charge in [-0.1, -0.05) is 12.1 Å². The first kappa shape index (κ1) is 10.3. The molecule has 2 N–H and O–H groups in total. The molecule has 0 amide bonds. The molecule has 0 bridgehead atoms. The number of aliphatic hydroxyl groups excluding tert-OH is 1. The molecular formula is C10H10F3NO. The minimum atomic E-state index is -4.60. The van der Waals surface area contributed by atoms with Crippen LogP contribution < -0.4 is 5.32 Å². The molecule has 1 aliphatic heterocycles. The van der Waals surface area contributed by atoms with Crippen LogP contribution in [-0.4, -0.2) is 17.8 Å². The number of nitrogens with one attached hydrogen (secondary N) is 1. The molecule has 1 aliphatic rings. The minimum Gasteiger partial charge on any atom is -0.384 e. The minimum absolute atomic E-state index is 0.0370. The third-order valence-corrected chi connectivity index (χ3v) is 2.51. The molecule has 2 nitrogen and oxygen atoms in total. The molecule has 0 saturated heterocycles. The zero-order valence-corrected chi connectivity index (χ0v) is 7.80. The van der Waals surface area contributed by atoms with E-state index >= 15 is 0 Å². The number of halogens is 3. The summed E-state index contributed by atoms with van der Waals surface area (Å²) in [4.78, 5) is 0. The highest BCUT2D eigenvalue weighted by atomic mass is 19.4. The van der Waals surface area contributed by atoms with E-state index in [0.29, 0.717) is 24.2 Å². The van der Waals surface area contributed by atoms with E-state index in [4.69, 9.17) is 5.11 Å². The van der Waals surface area contributed by atoms with E-state index in [1.807, 2.05) is 0 Å². The van der Waals surface area contributed by atoms with Crippen molar-refractivity contribution in [2.75, 3.05) is 11.9 Å². The van der Waals surface area contributed by atoms with Crippen molar-refractivity contribution in [3.05, 3.63) is 29.3 Å². The first-order valence-electron chi connectivity index (χ1n) is 4.60. The third-order valence-electron chi connectivity index (χ3n) is 2.51. The van der Waals surface area contributed by atoms with Crippen LogP contribution in [0.15, 0.2) is 18.2 Å². The third kappa shape index (κ3) is 1.79. The lowest BCUT2D eigenvalue weighted by Crippen LogP contribution is -2.21. The SMILES string of the molecule is OC(c1cccc2c1CCN2)C(F)(F)F. The molecule has 0 fully saturated rings. The Hall–Kier alpha value is -1.23. The quantitative estimate of drug-likeness (QED) is 0.756. The Morgan fingerprint density at radius 1 is 1.33 bits per heavy atom. The van der Waals surface area contributed by atoms with E-state index in [9.17, 15) is 13.2 Å². The maximum absolute atomic E-state index is 12.3. The second-order valence-corrected chi connectivity index (χ2v) is 3.49. The Bertz CT molecular complexity index is 375. The van der Waals surface area contributed by atoms with Crippen molar-refractivity contribution >= 4 is 5.69 Å². The summed E-state index contributed by atoms with van der Waals surface area (Å²) in [7, 11) is 0. The van der Waals surface area contributed by atoms with Crippen molar-refractivity contribution in [3.63, 3.8) is 0 Å². The summed E-state index contributed by atoms with van der Waals surface area (Å²) in [6.45, 7) is 0.622. The lowest BCUT2D eigenvalue weighted by molar-refractivity contribution is -0.206. The second kappa shape index (κ2) is 3.41. The van der Waals surface area contributed by atoms with E-state index < -0.39 is 12.3 Å². The van der Waals surface area contributed by atoms with E-state index in [2.05, 4.69) is 5.32 Å². The van der Waals surface area contributed by atoms with Gasteiger partial charge in [-0.15, -0.1) is 0 Å². The average Bonchev–Trinajstić information content (AvgIpc) is 2.62. The van der Waals surface area contributed by atoms with Crippen molar-refractivity contribution in [2.45, 2.75) is 18.7 Å². The smallest absolute Gasteiger partial charge is 0.384 e. The predicted octanol–water partition coefficient (Wildman–Crippen LogP) is 2.25. The molecule has 82 valence electrons. The zero-order valence-electron chi connectivity index (χ0n) is 7.80. The first-order chi connectivity index (χ1) is 7.00. The van der Waals surface area contributed by atoms with Gasteiger partial charge < -0.3 is 10.4 Å². The zero-order chi connectivity index (χ0) is 11.1. The van der Waals surface area contributed by atoms with Crippen LogP contribution in [0, 0.1) is 0 Å². The largest absolute Gasteiger partial charge is 0.418 e. The molecule has 1 heterocycles. The number of benzene rings is 1. The highest BCUT2D eigenvalue weighted by molar-refractivity contribution is 5.59. The van der Waals surface area contributed by atoms with Gasteiger partial charge in [0.25, 0.3) is 0 Å². The summed E-state index contributed by atoms with van der Waals surface area (Å²) in [5, 5.41) is 12.1. The van der Waals surface area contributed by atoms with E-state index in [-0.39, 0.29) is 5.56 Å². The van der Waals surface area contributed by atoms with Crippen LogP contribution in [0.3, 0.4) is 0 Å². The van der Waals surface area contributed by atoms with E-state index in [0.717, 1.165) is 0 Å². The van der Waals surface area contributed by atoms with Gasteiger partial charge in [0.15, 0.2) is 6.10 Å². The molecule has 2 rings (SSSR count). The van der Waals surface area contributed by atoms with Gasteiger partial charge in [0.05, 0.1) is 0 Å². The first-order valence-corrected chi connectivity index (χ1v) is 4.60. The Morgan fingerprint density at radius 3 is 2.73 bits per heavy atom. The highest BCUT2D eigenvalue weighted by Crippen LogP contribution is 2.37. The van der Waals surface area contributed by atoms with Gasteiger partial charge in [0.2, 0.25) is 0 Å². The van der Waals surface area contributed by atoms with Gasteiger partial charge in [-0.3, -0.25) is 0 Å². The summed E-state index contributed by atoms with van der Waals surface area (Å²) in [6, 6.07) is 4.56. The second-order valence-electron chi connectivity index (χ2n) is 3.49. The lowest BCUT2D eigenvalue weighted by atomic mass is 10.00. The van der Waals surface area contributed by atoms with Crippen molar-refractivity contribution < 1.29 is 18.3 Å². The fraction of sp³-hybridized carbons (Fsp3) is 0.400. The number of anilines is 1. The van der Waals surface area contributed by atoms with E-state index in [1.54, 1.807) is 6.07 Å². The van der Waals surface area contributed by atoms with Crippen molar-refractivity contribution in [3.8, 4) is 0 Å². The Kier molecular flexibility index (Phi) is 2.34. The predicted molar refractivity (Wildman–Crippen MR) is 49.7 cm³/mol. The average molecular weight is 217 g/mol. The van der Waals surface area contributed by atoms with Gasteiger partial charge >= 0.3 is 6.18 Å². The number of hydrogen-bond acceptors (Lipinski definition) is 2. The van der Waals surface area contributed by atoms with Gasteiger partial charge in [-0.05, 0) is 23.6 Å². The summed E-state index contributed by atoms with van der Waals surface area (Å²) >= 11 is 0. The Labute approximate surface area is 84.7 Å². The summed E-state index contributed by atoms with van der Waals surface area (Å²) < 4.78 is 37.0. The molecular weight excluding hydrogens is 207 g/mol. The van der Waals surface area contributed by atoms with Crippen LogP contribution in [0.25, 0.3) is 0 Å². The number of fused-ring (bicyclic) bond motifs is 1. The van der Waals surface area contributed by atoms with Crippen molar-refractivity contribution in [2.24, 2.45) is 0 Å². The van der Waals surface area contributed by atoms with Crippen LogP contribution in [0.1, 0.15) is 17.2 Å². The summed E-state index contributed by atoms with van der Waals surface area (Å²) in [5.74, 6) is 0. The number of alkyl halides is 3. The number of rotatable bonds is 1. The molecule has 0 aliphatic carbocycles. The van der Waals surface area contributed by atoms with Crippen LogP contribution >= 0.6 is 0 Å². The molecule has 0 radical (unpaired) electrons. The van der Waals surface area contributed by atoms with Gasteiger partial charge in [-0.25, -0.2) is 0 Å². The van der Waals surface area contributed by atoms with Crippen LogP contribution in [0.4, 0.5) is 18.9 Å². The standard InChI is InChI=1S/C10H10F3NO/c11-10(12,13)9(15)7-2-1-3-8-6(7)4-5-14-8/h1-3,9,14-15H,4-5H2. The maximum Gasteiger partial charge on any atom is 0.418 e. The van der Waals surface area contributed by atoms with Crippen LogP contribution in [0.2, 0.25) is 0 Å². The fourth-order valence-electron chi connectivity index (χ4n) is 1.80. The molecule has 15 heavy (non-hydrogen) atoms. The Balaban J connectivity index is 2.41. The van der Waals surface area contributed by atoms with Crippen LogP contribution in [0.5, 0.6) is 0 Å². The normalized spacial score (nSPS) is 17.1. The van der Waals surface area contributed by atoms with Crippen LogP contribution in [-0.2, 0) is 6.42 Å². The summed E-state index contributed by atoms with van der Waals surface area (Å²) in [5.41, 5.74) is 1.23. The topological polar surface area (TPSA) is 32.3 Å². The van der Waals surface area contributed by atoms with Gasteiger partial charge in [0, 0.05) is 12.2 Å². The van der Waals surface area contributed by atoms with Gasteiger partial charge in [-0.2, -0.15) is 13.2 Å². The molecule has 1 atom stereocenters. The molecule has 0 spiro atoms. The molecule has 1 aromatic rings. The lowest BCUT2D eigenvalue weighted by Gasteiger charge is -2.17. The van der Waals surface area contributed by atoms with E-state index in [1.165, 1.54) is 12.1 Å². The molecule has 0 aromatic heterocycles. The summed E-state index contributed by atoms with van der Waals surface area (Å²) in [6.07, 6.45) is -6.46. The maximum atomic E-state index is 12.3. The molecule has 1 unspecified atom stereocenters. The molecule has 1 aromatic carbocycles.